The monoisotopic (exact) mass is 248 g/mol. The topological polar surface area (TPSA) is 42.9 Å². The van der Waals surface area contributed by atoms with E-state index in [0.29, 0.717) is 6.42 Å². The molecular formula is C16H12N2O. The van der Waals surface area contributed by atoms with E-state index in [0.717, 1.165) is 46.0 Å². The van der Waals surface area contributed by atoms with E-state index in [1.165, 1.54) is 0 Å². The third-order valence-corrected chi connectivity index (χ3v) is 3.70. The number of pyridine rings is 2. The lowest BCUT2D eigenvalue weighted by molar-refractivity contribution is 0.0972. The van der Waals surface area contributed by atoms with E-state index in [1.807, 2.05) is 30.3 Å². The van der Waals surface area contributed by atoms with Crippen LogP contribution in [0.3, 0.4) is 0 Å². The molecule has 0 unspecified atom stereocenters. The number of ketones is 1. The van der Waals surface area contributed by atoms with Crippen LogP contribution in [0.15, 0.2) is 36.4 Å². The minimum Gasteiger partial charge on any atom is -0.294 e. The largest absolute Gasteiger partial charge is 0.294 e. The molecule has 0 radical (unpaired) electrons. The van der Waals surface area contributed by atoms with E-state index < -0.39 is 0 Å². The van der Waals surface area contributed by atoms with Gasteiger partial charge in [-0.3, -0.25) is 4.79 Å². The third-order valence-electron chi connectivity index (χ3n) is 3.70. The Morgan fingerprint density at radius 1 is 0.947 bits per heavy atom. The average Bonchev–Trinajstić information content (AvgIpc) is 2.44. The highest BCUT2D eigenvalue weighted by Crippen LogP contribution is 2.25. The van der Waals surface area contributed by atoms with Crippen LogP contribution in [0.25, 0.3) is 21.9 Å². The van der Waals surface area contributed by atoms with Crippen LogP contribution in [-0.4, -0.2) is 15.8 Å². The van der Waals surface area contributed by atoms with Crippen LogP contribution in [-0.2, 0) is 6.42 Å². The van der Waals surface area contributed by atoms with Gasteiger partial charge in [0.1, 0.15) is 0 Å². The van der Waals surface area contributed by atoms with Gasteiger partial charge in [-0.2, -0.15) is 0 Å². The van der Waals surface area contributed by atoms with Crippen molar-refractivity contribution in [3.8, 4) is 0 Å². The summed E-state index contributed by atoms with van der Waals surface area (Å²) in [5.74, 6) is 0.212. The van der Waals surface area contributed by atoms with Gasteiger partial charge in [-0.1, -0.05) is 18.2 Å². The molecule has 4 rings (SSSR count). The molecule has 0 fully saturated rings. The van der Waals surface area contributed by atoms with E-state index in [2.05, 4.69) is 16.0 Å². The summed E-state index contributed by atoms with van der Waals surface area (Å²) in [7, 11) is 0. The SMILES string of the molecule is O=C1CCCc2nc3nc4ccccc4cc3cc21. The van der Waals surface area contributed by atoms with Gasteiger partial charge in [0.25, 0.3) is 0 Å². The fourth-order valence-electron chi connectivity index (χ4n) is 2.73. The Labute approximate surface area is 110 Å². The van der Waals surface area contributed by atoms with Crippen LogP contribution in [0.5, 0.6) is 0 Å². The lowest BCUT2D eigenvalue weighted by Gasteiger charge is -2.14. The number of rotatable bonds is 0. The Morgan fingerprint density at radius 2 is 1.84 bits per heavy atom. The van der Waals surface area contributed by atoms with Crippen molar-refractivity contribution in [2.75, 3.05) is 0 Å². The number of fused-ring (bicyclic) bond motifs is 3. The molecule has 0 saturated heterocycles. The second-order valence-corrected chi connectivity index (χ2v) is 4.99. The molecule has 3 heteroatoms. The summed E-state index contributed by atoms with van der Waals surface area (Å²) in [4.78, 5) is 21.1. The van der Waals surface area contributed by atoms with Crippen molar-refractivity contribution >= 4 is 27.7 Å². The predicted molar refractivity (Wildman–Crippen MR) is 74.3 cm³/mol. The van der Waals surface area contributed by atoms with Gasteiger partial charge < -0.3 is 0 Å². The van der Waals surface area contributed by atoms with E-state index >= 15 is 0 Å². The molecule has 1 aromatic carbocycles. The number of benzene rings is 1. The highest BCUT2D eigenvalue weighted by Gasteiger charge is 2.19. The number of carbonyl (C=O) groups excluding carboxylic acids is 1. The predicted octanol–water partition coefficient (Wildman–Crippen LogP) is 3.30. The standard InChI is InChI=1S/C16H12N2O/c19-15-7-3-6-14-12(15)9-11-8-10-4-1-2-5-13(10)17-16(11)18-14/h1-2,4-5,8-9H,3,6-7H2. The highest BCUT2D eigenvalue weighted by molar-refractivity contribution is 6.02. The van der Waals surface area contributed by atoms with Crippen molar-refractivity contribution in [2.24, 2.45) is 0 Å². The summed E-state index contributed by atoms with van der Waals surface area (Å²) in [6.45, 7) is 0. The number of hydrogen-bond donors (Lipinski definition) is 0. The zero-order valence-electron chi connectivity index (χ0n) is 10.4. The Morgan fingerprint density at radius 3 is 2.79 bits per heavy atom. The van der Waals surface area contributed by atoms with Crippen molar-refractivity contribution in [3.63, 3.8) is 0 Å². The molecule has 0 N–H and O–H groups in total. The van der Waals surface area contributed by atoms with Crippen molar-refractivity contribution in [2.45, 2.75) is 19.3 Å². The van der Waals surface area contributed by atoms with Crippen LogP contribution in [0.2, 0.25) is 0 Å². The van der Waals surface area contributed by atoms with Gasteiger partial charge in [0.05, 0.1) is 11.2 Å². The van der Waals surface area contributed by atoms with Gasteiger partial charge in [-0.05, 0) is 31.0 Å². The molecule has 0 atom stereocenters. The minimum atomic E-state index is 0.212. The fourth-order valence-corrected chi connectivity index (χ4v) is 2.73. The number of nitrogens with zero attached hydrogens (tertiary/aromatic N) is 2. The van der Waals surface area contributed by atoms with Crippen LogP contribution in [0.1, 0.15) is 28.9 Å². The molecule has 92 valence electrons. The van der Waals surface area contributed by atoms with Crippen LogP contribution in [0.4, 0.5) is 0 Å². The first kappa shape index (κ1) is 10.6. The van der Waals surface area contributed by atoms with Gasteiger partial charge in [0.2, 0.25) is 0 Å². The van der Waals surface area contributed by atoms with Gasteiger partial charge in [0.15, 0.2) is 11.4 Å². The van der Waals surface area contributed by atoms with Crippen LogP contribution >= 0.6 is 0 Å². The Balaban J connectivity index is 2.07. The zero-order chi connectivity index (χ0) is 12.8. The fraction of sp³-hybridized carbons (Fsp3) is 0.188. The lowest BCUT2D eigenvalue weighted by Crippen LogP contribution is -2.12. The number of aromatic nitrogens is 2. The lowest BCUT2D eigenvalue weighted by atomic mass is 9.94. The first-order valence-electron chi connectivity index (χ1n) is 6.54. The molecule has 3 nitrogen and oxygen atoms in total. The maximum atomic E-state index is 11.9. The van der Waals surface area contributed by atoms with Gasteiger partial charge in [-0.15, -0.1) is 0 Å². The smallest absolute Gasteiger partial charge is 0.164 e. The van der Waals surface area contributed by atoms with Crippen LogP contribution in [0, 0.1) is 0 Å². The molecule has 2 aromatic heterocycles. The van der Waals surface area contributed by atoms with E-state index in [4.69, 9.17) is 0 Å². The first-order valence-corrected chi connectivity index (χ1v) is 6.54. The molecule has 0 spiro atoms. The molecule has 1 aliphatic rings. The van der Waals surface area contributed by atoms with E-state index in [1.54, 1.807) is 0 Å². The molecule has 0 amide bonds. The molecule has 0 saturated carbocycles. The Hall–Kier alpha value is -2.29. The van der Waals surface area contributed by atoms with E-state index in [-0.39, 0.29) is 5.78 Å². The van der Waals surface area contributed by atoms with Gasteiger partial charge >= 0.3 is 0 Å². The minimum absolute atomic E-state index is 0.212. The third kappa shape index (κ3) is 1.62. The number of aryl methyl sites for hydroxylation is 1. The Bertz CT molecular complexity index is 823. The highest BCUT2D eigenvalue weighted by atomic mass is 16.1. The normalized spacial score (nSPS) is 14.8. The zero-order valence-corrected chi connectivity index (χ0v) is 10.4. The molecule has 0 aliphatic heterocycles. The molecule has 0 bridgehead atoms. The average molecular weight is 248 g/mol. The Kier molecular flexibility index (Phi) is 2.15. The van der Waals surface area contributed by atoms with Crippen molar-refractivity contribution in [1.82, 2.24) is 9.97 Å². The summed E-state index contributed by atoms with van der Waals surface area (Å²) >= 11 is 0. The van der Waals surface area contributed by atoms with Crippen molar-refractivity contribution in [3.05, 3.63) is 47.7 Å². The summed E-state index contributed by atoms with van der Waals surface area (Å²) < 4.78 is 0. The number of Topliss-reactive ketones (excluding diaryl/α,β-unsaturated/α-hetero) is 1. The number of para-hydroxylation sites is 1. The maximum Gasteiger partial charge on any atom is 0.164 e. The van der Waals surface area contributed by atoms with Crippen molar-refractivity contribution < 1.29 is 4.79 Å². The molecular weight excluding hydrogens is 236 g/mol. The summed E-state index contributed by atoms with van der Waals surface area (Å²) in [6.07, 6.45) is 2.42. The van der Waals surface area contributed by atoms with Crippen molar-refractivity contribution in [1.29, 1.82) is 0 Å². The summed E-state index contributed by atoms with van der Waals surface area (Å²) in [5.41, 5.74) is 3.39. The second-order valence-electron chi connectivity index (χ2n) is 4.99. The summed E-state index contributed by atoms with van der Waals surface area (Å²) in [5, 5.41) is 2.03. The van der Waals surface area contributed by atoms with Crippen LogP contribution < -0.4 is 0 Å². The molecule has 2 heterocycles. The second kappa shape index (κ2) is 3.85. The first-order chi connectivity index (χ1) is 9.31. The summed E-state index contributed by atoms with van der Waals surface area (Å²) in [6, 6.07) is 12.0. The maximum absolute atomic E-state index is 11.9. The quantitative estimate of drug-likeness (QED) is 0.573. The molecule has 3 aromatic rings. The number of hydrogen-bond acceptors (Lipinski definition) is 3. The van der Waals surface area contributed by atoms with Gasteiger partial charge in [0, 0.05) is 22.8 Å². The molecule has 19 heavy (non-hydrogen) atoms. The molecule has 1 aliphatic carbocycles. The van der Waals surface area contributed by atoms with E-state index in [9.17, 15) is 4.79 Å². The number of carbonyl (C=O) groups is 1. The van der Waals surface area contributed by atoms with Gasteiger partial charge in [-0.25, -0.2) is 9.97 Å².